The topological polar surface area (TPSA) is 9.23 Å². The van der Waals surface area contributed by atoms with Gasteiger partial charge in [0.2, 0.25) is 0 Å². The molecule has 0 saturated carbocycles. The van der Waals surface area contributed by atoms with Crippen LogP contribution in [0.3, 0.4) is 0 Å². The molecule has 1 nitrogen and oxygen atoms in total. The lowest BCUT2D eigenvalue weighted by Crippen LogP contribution is -2.14. The van der Waals surface area contributed by atoms with Crippen molar-refractivity contribution in [3.8, 4) is 5.75 Å². The number of ether oxygens (including phenoxy) is 1. The Morgan fingerprint density at radius 1 is 0.920 bits per heavy atom. The molecule has 0 bridgehead atoms. The van der Waals surface area contributed by atoms with Crippen molar-refractivity contribution in [1.29, 1.82) is 0 Å². The summed E-state index contributed by atoms with van der Waals surface area (Å²) in [6.07, 6.45) is 5.11. The Morgan fingerprint density at radius 3 is 2.68 bits per heavy atom. The maximum Gasteiger partial charge on any atom is 0.120 e. The zero-order valence-corrected chi connectivity index (χ0v) is 16.5. The van der Waals surface area contributed by atoms with E-state index < -0.39 is 0 Å². The molecule has 0 N–H and O–H groups in total. The highest BCUT2D eigenvalue weighted by Gasteiger charge is 2.18. The van der Waals surface area contributed by atoms with Crippen LogP contribution in [0.2, 0.25) is 0 Å². The normalized spacial score (nSPS) is 16.6. The zero-order valence-electron chi connectivity index (χ0n) is 14.4. The molecule has 0 heterocycles. The van der Waals surface area contributed by atoms with Crippen molar-refractivity contribution >= 4 is 33.4 Å². The first-order chi connectivity index (χ1) is 12.3. The van der Waals surface area contributed by atoms with Crippen LogP contribution in [0.25, 0.3) is 10.8 Å². The van der Waals surface area contributed by atoms with Gasteiger partial charge in [-0.2, -0.15) is 0 Å². The summed E-state index contributed by atoms with van der Waals surface area (Å²) in [6.45, 7) is 0.626. The van der Waals surface area contributed by atoms with Crippen LogP contribution in [0, 0.1) is 5.92 Å². The predicted octanol–water partition coefficient (Wildman–Crippen LogP) is 6.35. The van der Waals surface area contributed by atoms with Gasteiger partial charge in [0, 0.05) is 0 Å². The van der Waals surface area contributed by atoms with Gasteiger partial charge in [0.15, 0.2) is 0 Å². The van der Waals surface area contributed by atoms with Crippen molar-refractivity contribution in [3.05, 3.63) is 77.4 Å². The second kappa shape index (κ2) is 7.77. The SMILES string of the molecule is ICCC1CCc2cc(OCc3ccc4ccccc4c3)ccc2C1. The zero-order chi connectivity index (χ0) is 17.1. The molecule has 1 aliphatic rings. The molecule has 128 valence electrons. The van der Waals surface area contributed by atoms with Gasteiger partial charge in [-0.1, -0.05) is 65.1 Å². The van der Waals surface area contributed by atoms with Crippen LogP contribution in [0.15, 0.2) is 60.7 Å². The largest absolute Gasteiger partial charge is 0.489 e. The summed E-state index contributed by atoms with van der Waals surface area (Å²) in [5.74, 6) is 1.87. The van der Waals surface area contributed by atoms with Gasteiger partial charge < -0.3 is 4.74 Å². The molecule has 1 atom stereocenters. The van der Waals surface area contributed by atoms with Gasteiger partial charge in [-0.05, 0) is 81.7 Å². The Kier molecular flexibility index (Phi) is 5.25. The molecule has 25 heavy (non-hydrogen) atoms. The third-order valence-electron chi connectivity index (χ3n) is 5.24. The number of hydrogen-bond donors (Lipinski definition) is 0. The smallest absolute Gasteiger partial charge is 0.120 e. The molecular formula is C23H23IO. The van der Waals surface area contributed by atoms with Crippen molar-refractivity contribution in [2.75, 3.05) is 4.43 Å². The van der Waals surface area contributed by atoms with Crippen LogP contribution in [-0.4, -0.2) is 4.43 Å². The van der Waals surface area contributed by atoms with E-state index in [0.717, 1.165) is 11.7 Å². The lowest BCUT2D eigenvalue weighted by atomic mass is 9.82. The molecule has 0 fully saturated rings. The average Bonchev–Trinajstić information content (AvgIpc) is 2.66. The van der Waals surface area contributed by atoms with Crippen LogP contribution in [0.1, 0.15) is 29.5 Å². The average molecular weight is 442 g/mol. The van der Waals surface area contributed by atoms with Gasteiger partial charge in [0.25, 0.3) is 0 Å². The molecule has 3 aromatic carbocycles. The molecule has 4 rings (SSSR count). The Labute approximate surface area is 163 Å². The molecular weight excluding hydrogens is 419 g/mol. The number of hydrogen-bond acceptors (Lipinski definition) is 1. The molecule has 0 radical (unpaired) electrons. The first-order valence-corrected chi connectivity index (χ1v) is 10.6. The standard InChI is InChI=1S/C23H23IO/c24-12-11-17-5-8-22-15-23(10-9-21(22)13-17)25-16-18-6-7-19-3-1-2-4-20(19)14-18/h1-4,6-7,9-10,14-15,17H,5,8,11-13,16H2. The summed E-state index contributed by atoms with van der Waals surface area (Å²) in [4.78, 5) is 0. The van der Waals surface area contributed by atoms with E-state index in [4.69, 9.17) is 4.74 Å². The monoisotopic (exact) mass is 442 g/mol. The van der Waals surface area contributed by atoms with E-state index in [1.54, 1.807) is 0 Å². The molecule has 3 aromatic rings. The number of fused-ring (bicyclic) bond motifs is 2. The molecule has 1 unspecified atom stereocenters. The van der Waals surface area contributed by atoms with E-state index in [1.807, 2.05) is 0 Å². The van der Waals surface area contributed by atoms with E-state index >= 15 is 0 Å². The third kappa shape index (κ3) is 4.00. The number of aryl methyl sites for hydroxylation is 1. The predicted molar refractivity (Wildman–Crippen MR) is 114 cm³/mol. The van der Waals surface area contributed by atoms with Gasteiger partial charge in [-0.25, -0.2) is 0 Å². The minimum atomic E-state index is 0.626. The molecule has 0 spiro atoms. The quantitative estimate of drug-likeness (QED) is 0.331. The maximum absolute atomic E-state index is 6.08. The first kappa shape index (κ1) is 16.9. The van der Waals surface area contributed by atoms with Crippen molar-refractivity contribution in [2.24, 2.45) is 5.92 Å². The number of rotatable bonds is 5. The number of alkyl halides is 1. The highest BCUT2D eigenvalue weighted by Crippen LogP contribution is 2.31. The third-order valence-corrected chi connectivity index (χ3v) is 5.87. The number of benzene rings is 3. The van der Waals surface area contributed by atoms with Crippen molar-refractivity contribution < 1.29 is 4.74 Å². The molecule has 2 heteroatoms. The van der Waals surface area contributed by atoms with Crippen LogP contribution in [0.5, 0.6) is 5.75 Å². The second-order valence-electron chi connectivity index (χ2n) is 6.99. The number of halogens is 1. The fourth-order valence-corrected chi connectivity index (χ4v) is 4.67. The first-order valence-electron chi connectivity index (χ1n) is 9.10. The summed E-state index contributed by atoms with van der Waals surface area (Å²) >= 11 is 2.50. The van der Waals surface area contributed by atoms with Crippen molar-refractivity contribution in [2.45, 2.75) is 32.3 Å². The second-order valence-corrected chi connectivity index (χ2v) is 8.07. The van der Waals surface area contributed by atoms with Crippen molar-refractivity contribution in [1.82, 2.24) is 0 Å². The Morgan fingerprint density at radius 2 is 1.80 bits per heavy atom. The summed E-state index contributed by atoms with van der Waals surface area (Å²) in [7, 11) is 0. The van der Waals surface area contributed by atoms with Gasteiger partial charge in [-0.3, -0.25) is 0 Å². The molecule has 0 aromatic heterocycles. The Bertz CT molecular complexity index is 871. The van der Waals surface area contributed by atoms with Crippen molar-refractivity contribution in [3.63, 3.8) is 0 Å². The summed E-state index contributed by atoms with van der Waals surface area (Å²) in [5.41, 5.74) is 4.23. The summed E-state index contributed by atoms with van der Waals surface area (Å²) < 4.78 is 7.35. The molecule has 0 aliphatic heterocycles. The molecule has 0 saturated heterocycles. The minimum Gasteiger partial charge on any atom is -0.489 e. The van der Waals surface area contributed by atoms with Crippen LogP contribution >= 0.6 is 22.6 Å². The molecule has 1 aliphatic carbocycles. The fourth-order valence-electron chi connectivity index (χ4n) is 3.79. The van der Waals surface area contributed by atoms with Crippen LogP contribution in [0.4, 0.5) is 0 Å². The van der Waals surface area contributed by atoms with Gasteiger partial charge in [-0.15, -0.1) is 0 Å². The van der Waals surface area contributed by atoms with Crippen LogP contribution in [-0.2, 0) is 19.4 Å². The lowest BCUT2D eigenvalue weighted by molar-refractivity contribution is 0.305. The fraction of sp³-hybridized carbons (Fsp3) is 0.304. The van der Waals surface area contributed by atoms with E-state index in [-0.39, 0.29) is 0 Å². The minimum absolute atomic E-state index is 0.626. The Hall–Kier alpha value is -1.55. The highest BCUT2D eigenvalue weighted by atomic mass is 127. The lowest BCUT2D eigenvalue weighted by Gasteiger charge is -2.24. The maximum atomic E-state index is 6.08. The van der Waals surface area contributed by atoms with E-state index in [2.05, 4.69) is 83.3 Å². The van der Waals surface area contributed by atoms with Gasteiger partial charge in [0.1, 0.15) is 12.4 Å². The van der Waals surface area contributed by atoms with E-state index in [9.17, 15) is 0 Å². The summed E-state index contributed by atoms with van der Waals surface area (Å²) in [5, 5.41) is 2.55. The van der Waals surface area contributed by atoms with E-state index in [0.29, 0.717) is 6.61 Å². The molecule has 0 amide bonds. The van der Waals surface area contributed by atoms with E-state index in [1.165, 1.54) is 57.6 Å². The summed E-state index contributed by atoms with van der Waals surface area (Å²) in [6, 6.07) is 21.7. The highest BCUT2D eigenvalue weighted by molar-refractivity contribution is 14.1. The van der Waals surface area contributed by atoms with Gasteiger partial charge in [0.05, 0.1) is 0 Å². The van der Waals surface area contributed by atoms with Crippen LogP contribution < -0.4 is 4.74 Å². The Balaban J connectivity index is 1.44. The van der Waals surface area contributed by atoms with Gasteiger partial charge >= 0.3 is 0 Å².